The van der Waals surface area contributed by atoms with E-state index in [1.165, 1.54) is 5.56 Å². The Morgan fingerprint density at radius 1 is 1.11 bits per heavy atom. The Balaban J connectivity index is 1.30. The smallest absolute Gasteiger partial charge is 0.223 e. The van der Waals surface area contributed by atoms with E-state index in [-0.39, 0.29) is 5.41 Å². The van der Waals surface area contributed by atoms with E-state index in [2.05, 4.69) is 44.0 Å². The molecular weight excluding hydrogens is 336 g/mol. The molecule has 2 aliphatic heterocycles. The van der Waals surface area contributed by atoms with Crippen molar-refractivity contribution < 1.29 is 4.79 Å². The number of benzene rings is 1. The molecule has 2 aliphatic rings. The van der Waals surface area contributed by atoms with Gasteiger partial charge in [0, 0.05) is 44.2 Å². The molecule has 1 amide bonds. The maximum Gasteiger partial charge on any atom is 0.223 e. The molecule has 5 nitrogen and oxygen atoms in total. The Morgan fingerprint density at radius 2 is 1.89 bits per heavy atom. The first-order chi connectivity index (χ1) is 13.1. The van der Waals surface area contributed by atoms with Crippen molar-refractivity contribution in [2.45, 2.75) is 39.0 Å². The molecule has 0 unspecified atom stereocenters. The lowest BCUT2D eigenvalue weighted by molar-refractivity contribution is -0.127. The number of carbonyl (C=O) groups excluding carboxylic acids is 1. The van der Waals surface area contributed by atoms with E-state index < -0.39 is 0 Å². The van der Waals surface area contributed by atoms with Crippen molar-refractivity contribution in [2.24, 2.45) is 5.41 Å². The van der Waals surface area contributed by atoms with Crippen LogP contribution in [0.15, 0.2) is 42.6 Å². The van der Waals surface area contributed by atoms with Crippen LogP contribution in [-0.2, 0) is 11.2 Å². The molecule has 1 aromatic carbocycles. The molecule has 0 radical (unpaired) electrons. The summed E-state index contributed by atoms with van der Waals surface area (Å²) in [4.78, 5) is 25.8. The summed E-state index contributed by atoms with van der Waals surface area (Å²) in [6.45, 7) is 5.68. The average molecular weight is 364 g/mol. The van der Waals surface area contributed by atoms with Gasteiger partial charge in [0.15, 0.2) is 0 Å². The van der Waals surface area contributed by atoms with Crippen molar-refractivity contribution in [1.82, 2.24) is 14.9 Å². The monoisotopic (exact) mass is 364 g/mol. The van der Waals surface area contributed by atoms with E-state index in [0.717, 1.165) is 69.9 Å². The molecule has 0 atom stereocenters. The highest BCUT2D eigenvalue weighted by Gasteiger charge is 2.44. The van der Waals surface area contributed by atoms with Crippen LogP contribution in [-0.4, -0.2) is 47.0 Å². The zero-order valence-electron chi connectivity index (χ0n) is 16.1. The van der Waals surface area contributed by atoms with Gasteiger partial charge < -0.3 is 9.80 Å². The summed E-state index contributed by atoms with van der Waals surface area (Å²) in [5, 5.41) is 0. The summed E-state index contributed by atoms with van der Waals surface area (Å²) in [7, 11) is 0. The zero-order valence-corrected chi connectivity index (χ0v) is 16.1. The maximum atomic E-state index is 12.6. The minimum absolute atomic E-state index is 0.169. The van der Waals surface area contributed by atoms with Gasteiger partial charge in [-0.15, -0.1) is 0 Å². The van der Waals surface area contributed by atoms with Crippen molar-refractivity contribution in [2.75, 3.05) is 31.1 Å². The maximum absolute atomic E-state index is 12.6. The highest BCUT2D eigenvalue weighted by Crippen LogP contribution is 2.41. The van der Waals surface area contributed by atoms with E-state index in [1.54, 1.807) is 0 Å². The molecule has 1 aromatic heterocycles. The minimum atomic E-state index is 0.169. The molecule has 2 saturated heterocycles. The standard InChI is InChI=1S/C22H28N4O/c1-18-23-12-9-20(24-18)25-14-10-22(11-15-25)16-21(27)26(17-22)13-5-8-19-6-3-2-4-7-19/h2-4,6-7,9,12H,5,8,10-11,13-17H2,1H3. The number of hydrogen-bond acceptors (Lipinski definition) is 4. The van der Waals surface area contributed by atoms with E-state index >= 15 is 0 Å². The number of nitrogens with zero attached hydrogens (tertiary/aromatic N) is 4. The number of likely N-dealkylation sites (tertiary alicyclic amines) is 1. The first kappa shape index (κ1) is 18.0. The van der Waals surface area contributed by atoms with Crippen molar-refractivity contribution in [3.05, 3.63) is 54.0 Å². The van der Waals surface area contributed by atoms with Crippen LogP contribution in [0.3, 0.4) is 0 Å². The van der Waals surface area contributed by atoms with Crippen LogP contribution < -0.4 is 4.90 Å². The van der Waals surface area contributed by atoms with Crippen LogP contribution in [0, 0.1) is 12.3 Å². The molecule has 4 rings (SSSR count). The zero-order chi connectivity index (χ0) is 18.7. The van der Waals surface area contributed by atoms with Crippen molar-refractivity contribution >= 4 is 11.7 Å². The highest BCUT2D eigenvalue weighted by molar-refractivity contribution is 5.79. The van der Waals surface area contributed by atoms with E-state index in [1.807, 2.05) is 25.3 Å². The lowest BCUT2D eigenvalue weighted by Gasteiger charge is -2.39. The SMILES string of the molecule is Cc1nccc(N2CCC3(CC2)CC(=O)N(CCCc2ccccc2)C3)n1. The van der Waals surface area contributed by atoms with E-state index in [0.29, 0.717) is 5.91 Å². The Hall–Kier alpha value is -2.43. The largest absolute Gasteiger partial charge is 0.356 e. The fraction of sp³-hybridized carbons (Fsp3) is 0.500. The first-order valence-electron chi connectivity index (χ1n) is 10.00. The number of aromatic nitrogens is 2. The second-order valence-corrected chi connectivity index (χ2v) is 8.03. The minimum Gasteiger partial charge on any atom is -0.356 e. The normalized spacial score (nSPS) is 19.1. The Morgan fingerprint density at radius 3 is 2.63 bits per heavy atom. The molecule has 0 saturated carbocycles. The highest BCUT2D eigenvalue weighted by atomic mass is 16.2. The van der Waals surface area contributed by atoms with Gasteiger partial charge in [-0.25, -0.2) is 9.97 Å². The molecule has 1 spiro atoms. The fourth-order valence-corrected chi connectivity index (χ4v) is 4.47. The van der Waals surface area contributed by atoms with Gasteiger partial charge in [-0.05, 0) is 44.2 Å². The van der Waals surface area contributed by atoms with Crippen LogP contribution in [0.5, 0.6) is 0 Å². The van der Waals surface area contributed by atoms with Crippen LogP contribution in [0.1, 0.15) is 37.1 Å². The van der Waals surface area contributed by atoms with Crippen LogP contribution >= 0.6 is 0 Å². The van der Waals surface area contributed by atoms with Gasteiger partial charge in [0.25, 0.3) is 0 Å². The third-order valence-corrected chi connectivity index (χ3v) is 6.05. The van der Waals surface area contributed by atoms with Crippen LogP contribution in [0.25, 0.3) is 0 Å². The second-order valence-electron chi connectivity index (χ2n) is 8.03. The number of piperidine rings is 1. The van der Waals surface area contributed by atoms with Crippen molar-refractivity contribution in [3.8, 4) is 0 Å². The van der Waals surface area contributed by atoms with Crippen molar-refractivity contribution in [3.63, 3.8) is 0 Å². The van der Waals surface area contributed by atoms with Gasteiger partial charge in [0.05, 0.1) is 0 Å². The van der Waals surface area contributed by atoms with Gasteiger partial charge in [-0.2, -0.15) is 0 Å². The molecule has 5 heteroatoms. The van der Waals surface area contributed by atoms with E-state index in [4.69, 9.17) is 0 Å². The Labute approximate surface area is 161 Å². The quantitative estimate of drug-likeness (QED) is 0.817. The Kier molecular flexibility index (Phi) is 5.10. The van der Waals surface area contributed by atoms with Gasteiger partial charge in [-0.3, -0.25) is 4.79 Å². The molecule has 142 valence electrons. The number of aryl methyl sites for hydroxylation is 2. The number of anilines is 1. The van der Waals surface area contributed by atoms with Crippen LogP contribution in [0.4, 0.5) is 5.82 Å². The number of carbonyl (C=O) groups is 1. The summed E-state index contributed by atoms with van der Waals surface area (Å²) in [5.74, 6) is 2.17. The molecule has 0 bridgehead atoms. The van der Waals surface area contributed by atoms with Gasteiger partial charge in [0.2, 0.25) is 5.91 Å². The molecule has 2 fully saturated rings. The number of rotatable bonds is 5. The third kappa shape index (κ3) is 4.12. The summed E-state index contributed by atoms with van der Waals surface area (Å²) < 4.78 is 0. The summed E-state index contributed by atoms with van der Waals surface area (Å²) >= 11 is 0. The summed E-state index contributed by atoms with van der Waals surface area (Å²) in [6.07, 6.45) is 6.76. The number of amides is 1. The topological polar surface area (TPSA) is 49.3 Å². The summed E-state index contributed by atoms with van der Waals surface area (Å²) in [5.41, 5.74) is 1.52. The fourth-order valence-electron chi connectivity index (χ4n) is 4.47. The predicted octanol–water partition coefficient (Wildman–Crippen LogP) is 3.24. The molecular formula is C22H28N4O. The molecule has 3 heterocycles. The second kappa shape index (κ2) is 7.67. The third-order valence-electron chi connectivity index (χ3n) is 6.05. The first-order valence-corrected chi connectivity index (χ1v) is 10.00. The molecule has 2 aromatic rings. The average Bonchev–Trinajstić information content (AvgIpc) is 2.98. The van der Waals surface area contributed by atoms with Crippen molar-refractivity contribution in [1.29, 1.82) is 0 Å². The lowest BCUT2D eigenvalue weighted by Crippen LogP contribution is -2.42. The number of hydrogen-bond donors (Lipinski definition) is 0. The molecule has 0 aliphatic carbocycles. The lowest BCUT2D eigenvalue weighted by atomic mass is 9.77. The molecule has 0 N–H and O–H groups in total. The van der Waals surface area contributed by atoms with Gasteiger partial charge in [0.1, 0.15) is 11.6 Å². The van der Waals surface area contributed by atoms with E-state index in [9.17, 15) is 4.79 Å². The van der Waals surface area contributed by atoms with Gasteiger partial charge in [-0.1, -0.05) is 30.3 Å². The summed E-state index contributed by atoms with van der Waals surface area (Å²) in [6, 6.07) is 12.5. The Bertz CT molecular complexity index is 784. The predicted molar refractivity (Wildman–Crippen MR) is 107 cm³/mol. The van der Waals surface area contributed by atoms with Gasteiger partial charge >= 0.3 is 0 Å². The molecule has 27 heavy (non-hydrogen) atoms. The van der Waals surface area contributed by atoms with Crippen LogP contribution in [0.2, 0.25) is 0 Å².